The van der Waals surface area contributed by atoms with Crippen LogP contribution in [0.2, 0.25) is 0 Å². The van der Waals surface area contributed by atoms with Gasteiger partial charge in [-0.15, -0.1) is 11.8 Å². The molecule has 4 aromatic rings. The Hall–Kier alpha value is -4.23. The zero-order valence-electron chi connectivity index (χ0n) is 19.7. The maximum absolute atomic E-state index is 13.2. The van der Waals surface area contributed by atoms with E-state index in [2.05, 4.69) is 10.6 Å². The summed E-state index contributed by atoms with van der Waals surface area (Å²) < 4.78 is 10.7. The lowest BCUT2D eigenvalue weighted by Gasteiger charge is -2.17. The van der Waals surface area contributed by atoms with Crippen molar-refractivity contribution >= 4 is 35.0 Å². The average Bonchev–Trinajstić information content (AvgIpc) is 2.93. The lowest BCUT2D eigenvalue weighted by molar-refractivity contribution is -0.118. The van der Waals surface area contributed by atoms with Gasteiger partial charge in [-0.25, -0.2) is 0 Å². The van der Waals surface area contributed by atoms with Gasteiger partial charge in [0.2, 0.25) is 5.91 Å². The van der Waals surface area contributed by atoms with Crippen LogP contribution in [-0.2, 0) is 9.59 Å². The Bertz CT molecular complexity index is 1260. The van der Waals surface area contributed by atoms with Crippen LogP contribution in [0.15, 0.2) is 114 Å². The van der Waals surface area contributed by atoms with Gasteiger partial charge in [-0.05, 0) is 66.2 Å². The van der Waals surface area contributed by atoms with Gasteiger partial charge in [0.05, 0.1) is 7.11 Å². The molecule has 0 fully saturated rings. The molecule has 0 aromatic heterocycles. The molecule has 0 saturated carbocycles. The predicted molar refractivity (Wildman–Crippen MR) is 144 cm³/mol. The zero-order chi connectivity index (χ0) is 25.2. The molecule has 4 aromatic carbocycles. The zero-order valence-corrected chi connectivity index (χ0v) is 20.5. The first kappa shape index (κ1) is 24.9. The smallest absolute Gasteiger partial charge is 0.262 e. The summed E-state index contributed by atoms with van der Waals surface area (Å²) >= 11 is 1.44. The van der Waals surface area contributed by atoms with E-state index in [4.69, 9.17) is 9.47 Å². The number of para-hydroxylation sites is 1. The van der Waals surface area contributed by atoms with Crippen molar-refractivity contribution in [1.29, 1.82) is 0 Å². The number of nitrogens with one attached hydrogen (secondary N) is 2. The molecule has 0 bridgehead atoms. The van der Waals surface area contributed by atoms with Gasteiger partial charge in [0.25, 0.3) is 5.91 Å². The molecule has 4 rings (SSSR count). The minimum absolute atomic E-state index is 0.0812. The van der Waals surface area contributed by atoms with Crippen LogP contribution in [0.1, 0.15) is 10.8 Å². The third kappa shape index (κ3) is 7.13. The highest BCUT2D eigenvalue weighted by atomic mass is 32.2. The quantitative estimate of drug-likeness (QED) is 0.255. The van der Waals surface area contributed by atoms with Crippen LogP contribution in [0.25, 0.3) is 0 Å². The van der Waals surface area contributed by atoms with E-state index in [1.165, 1.54) is 11.8 Å². The maximum atomic E-state index is 13.2. The molecule has 1 unspecified atom stereocenters. The molecular weight excluding hydrogens is 472 g/mol. The molecular formula is C29H26N2O4S. The first-order valence-electron chi connectivity index (χ1n) is 11.3. The molecule has 7 heteroatoms. The fourth-order valence-corrected chi connectivity index (χ4v) is 4.42. The van der Waals surface area contributed by atoms with Crippen LogP contribution < -0.4 is 20.1 Å². The number of hydrogen-bond donors (Lipinski definition) is 2. The molecule has 0 aliphatic heterocycles. The SMILES string of the molecule is COc1ccc(NC(=O)C(Sc2ccc(NC(=O)COc3ccccc3)cc2)c2ccccc2)cc1. The molecule has 182 valence electrons. The van der Waals surface area contributed by atoms with Gasteiger partial charge in [-0.2, -0.15) is 0 Å². The van der Waals surface area contributed by atoms with Crippen molar-refractivity contribution in [1.82, 2.24) is 0 Å². The Morgan fingerprint density at radius 2 is 1.31 bits per heavy atom. The molecule has 0 radical (unpaired) electrons. The summed E-state index contributed by atoms with van der Waals surface area (Å²) in [6.45, 7) is -0.0812. The molecule has 0 saturated heterocycles. The second kappa shape index (κ2) is 12.5. The Morgan fingerprint density at radius 1 is 0.722 bits per heavy atom. The number of carbonyl (C=O) groups excluding carboxylic acids is 2. The van der Waals surface area contributed by atoms with Crippen molar-refractivity contribution in [2.75, 3.05) is 24.4 Å². The predicted octanol–water partition coefficient (Wildman–Crippen LogP) is 6.18. The molecule has 0 aliphatic rings. The van der Waals surface area contributed by atoms with E-state index in [1.807, 2.05) is 84.9 Å². The summed E-state index contributed by atoms with van der Waals surface area (Å²) in [4.78, 5) is 26.4. The van der Waals surface area contributed by atoms with E-state index in [0.717, 1.165) is 16.2 Å². The van der Waals surface area contributed by atoms with E-state index in [-0.39, 0.29) is 18.4 Å². The highest BCUT2D eigenvalue weighted by molar-refractivity contribution is 8.00. The van der Waals surface area contributed by atoms with Crippen molar-refractivity contribution < 1.29 is 19.1 Å². The molecule has 2 N–H and O–H groups in total. The molecule has 36 heavy (non-hydrogen) atoms. The second-order valence-electron chi connectivity index (χ2n) is 7.80. The minimum Gasteiger partial charge on any atom is -0.497 e. The summed E-state index contributed by atoms with van der Waals surface area (Å²) in [5.41, 5.74) is 2.24. The summed E-state index contributed by atoms with van der Waals surface area (Å²) in [5, 5.41) is 5.35. The van der Waals surface area contributed by atoms with E-state index in [1.54, 1.807) is 31.4 Å². The average molecular weight is 499 g/mol. The number of ether oxygens (including phenoxy) is 2. The lowest BCUT2D eigenvalue weighted by Crippen LogP contribution is -2.20. The topological polar surface area (TPSA) is 76.7 Å². The lowest BCUT2D eigenvalue weighted by atomic mass is 10.1. The first-order chi connectivity index (χ1) is 17.6. The first-order valence-corrected chi connectivity index (χ1v) is 12.2. The number of thioether (sulfide) groups is 1. The van der Waals surface area contributed by atoms with E-state index >= 15 is 0 Å². The Balaban J connectivity index is 1.40. The number of methoxy groups -OCH3 is 1. The highest BCUT2D eigenvalue weighted by Gasteiger charge is 2.22. The standard InChI is InChI=1S/C29H26N2O4S/c1-34-24-16-12-23(13-17-24)31-29(33)28(21-8-4-2-5-9-21)36-26-18-14-22(15-19-26)30-27(32)20-35-25-10-6-3-7-11-25/h2-19,28H,20H2,1H3,(H,30,32)(H,31,33). The number of benzene rings is 4. The minimum atomic E-state index is -0.465. The Kier molecular flexibility index (Phi) is 8.62. The van der Waals surface area contributed by atoms with Crippen molar-refractivity contribution in [3.8, 4) is 11.5 Å². The van der Waals surface area contributed by atoms with Crippen LogP contribution >= 0.6 is 11.8 Å². The molecule has 6 nitrogen and oxygen atoms in total. The normalized spacial score (nSPS) is 11.2. The van der Waals surface area contributed by atoms with Crippen molar-refractivity contribution in [3.05, 3.63) is 115 Å². The number of carbonyl (C=O) groups is 2. The van der Waals surface area contributed by atoms with Gasteiger partial charge in [0, 0.05) is 16.3 Å². The van der Waals surface area contributed by atoms with E-state index < -0.39 is 5.25 Å². The van der Waals surface area contributed by atoms with Crippen molar-refractivity contribution in [3.63, 3.8) is 0 Å². The van der Waals surface area contributed by atoms with Crippen LogP contribution in [0.3, 0.4) is 0 Å². The van der Waals surface area contributed by atoms with Crippen LogP contribution in [0.5, 0.6) is 11.5 Å². The third-order valence-corrected chi connectivity index (χ3v) is 6.47. The largest absolute Gasteiger partial charge is 0.497 e. The second-order valence-corrected chi connectivity index (χ2v) is 8.98. The summed E-state index contributed by atoms with van der Waals surface area (Å²) in [5.74, 6) is 0.979. The molecule has 0 aliphatic carbocycles. The monoisotopic (exact) mass is 498 g/mol. The van der Waals surface area contributed by atoms with Crippen molar-refractivity contribution in [2.45, 2.75) is 10.1 Å². The molecule has 2 amide bonds. The van der Waals surface area contributed by atoms with Gasteiger partial charge in [-0.3, -0.25) is 9.59 Å². The van der Waals surface area contributed by atoms with Gasteiger partial charge in [0.15, 0.2) is 6.61 Å². The maximum Gasteiger partial charge on any atom is 0.262 e. The fourth-order valence-electron chi connectivity index (χ4n) is 3.40. The summed E-state index contributed by atoms with van der Waals surface area (Å²) in [6.07, 6.45) is 0. The number of amides is 2. The molecule has 0 heterocycles. The van der Waals surface area contributed by atoms with Gasteiger partial charge >= 0.3 is 0 Å². The summed E-state index contributed by atoms with van der Waals surface area (Å²) in [6, 6.07) is 33.4. The number of anilines is 2. The highest BCUT2D eigenvalue weighted by Crippen LogP contribution is 2.36. The van der Waals surface area contributed by atoms with E-state index in [0.29, 0.717) is 17.1 Å². The van der Waals surface area contributed by atoms with Crippen LogP contribution in [0.4, 0.5) is 11.4 Å². The Labute approximate surface area is 214 Å². The van der Waals surface area contributed by atoms with Gasteiger partial charge < -0.3 is 20.1 Å². The third-order valence-electron chi connectivity index (χ3n) is 5.20. The number of hydrogen-bond acceptors (Lipinski definition) is 5. The van der Waals surface area contributed by atoms with Gasteiger partial charge in [0.1, 0.15) is 16.7 Å². The molecule has 0 spiro atoms. The van der Waals surface area contributed by atoms with Gasteiger partial charge in [-0.1, -0.05) is 48.5 Å². The number of rotatable bonds is 10. The van der Waals surface area contributed by atoms with Crippen LogP contribution in [-0.4, -0.2) is 25.5 Å². The summed E-state index contributed by atoms with van der Waals surface area (Å²) in [7, 11) is 1.60. The molecule has 1 atom stereocenters. The van der Waals surface area contributed by atoms with Crippen LogP contribution in [0, 0.1) is 0 Å². The Morgan fingerprint density at radius 3 is 1.94 bits per heavy atom. The fraction of sp³-hybridized carbons (Fsp3) is 0.103. The van der Waals surface area contributed by atoms with Crippen molar-refractivity contribution in [2.24, 2.45) is 0 Å². The van der Waals surface area contributed by atoms with E-state index in [9.17, 15) is 9.59 Å².